The van der Waals surface area contributed by atoms with Crippen LogP contribution in [0.4, 0.5) is 0 Å². The molecule has 6 nitrogen and oxygen atoms in total. The molecule has 1 aromatic carbocycles. The van der Waals surface area contributed by atoms with Crippen LogP contribution in [-0.4, -0.2) is 57.6 Å². The molecule has 0 saturated heterocycles. The first-order valence-corrected chi connectivity index (χ1v) is 8.63. The Morgan fingerprint density at radius 3 is 2.58 bits per heavy atom. The molecule has 24 heavy (non-hydrogen) atoms. The second-order valence-electron chi connectivity index (χ2n) is 5.42. The van der Waals surface area contributed by atoms with E-state index < -0.39 is 0 Å². The van der Waals surface area contributed by atoms with Gasteiger partial charge in [-0.3, -0.25) is 4.99 Å². The van der Waals surface area contributed by atoms with Gasteiger partial charge in [0.15, 0.2) is 5.96 Å². The molecule has 0 aliphatic carbocycles. The molecule has 0 heterocycles. The van der Waals surface area contributed by atoms with Crippen molar-refractivity contribution in [3.05, 3.63) is 29.8 Å². The van der Waals surface area contributed by atoms with E-state index in [1.807, 2.05) is 12.1 Å². The fraction of sp³-hybridized carbons (Fsp3) is 0.611. The highest BCUT2D eigenvalue weighted by Crippen LogP contribution is 2.10. The lowest BCUT2D eigenvalue weighted by Crippen LogP contribution is -2.38. The first kappa shape index (κ1) is 20.3. The zero-order chi connectivity index (χ0) is 17.5. The summed E-state index contributed by atoms with van der Waals surface area (Å²) in [5, 5.41) is 15.8. The molecule has 0 aromatic heterocycles. The van der Waals surface area contributed by atoms with E-state index in [0.717, 1.165) is 51.5 Å². The molecule has 3 N–H and O–H groups in total. The summed E-state index contributed by atoms with van der Waals surface area (Å²) in [5.74, 6) is 1.15. The van der Waals surface area contributed by atoms with Crippen LogP contribution < -0.4 is 10.6 Å². The Hall–Kier alpha value is -1.79. The van der Waals surface area contributed by atoms with Gasteiger partial charge in [-0.25, -0.2) is 0 Å². The Bertz CT molecular complexity index is 449. The average molecular weight is 337 g/mol. The number of hydrogen-bond acceptors (Lipinski definition) is 4. The Morgan fingerprint density at radius 2 is 1.88 bits per heavy atom. The lowest BCUT2D eigenvalue weighted by molar-refractivity contribution is 0.0698. The zero-order valence-electron chi connectivity index (χ0n) is 14.9. The number of rotatable bonds is 12. The molecule has 0 fully saturated rings. The number of aryl methyl sites for hydroxylation is 1. The first-order valence-electron chi connectivity index (χ1n) is 8.63. The van der Waals surface area contributed by atoms with Crippen molar-refractivity contribution in [3.63, 3.8) is 0 Å². The van der Waals surface area contributed by atoms with Gasteiger partial charge in [0.25, 0.3) is 0 Å². The highest BCUT2D eigenvalue weighted by Gasteiger charge is 1.98. The Kier molecular flexibility index (Phi) is 11.5. The number of ether oxygens (including phenoxy) is 2. The molecule has 1 rings (SSSR count). The average Bonchev–Trinajstić information content (AvgIpc) is 2.59. The highest BCUT2D eigenvalue weighted by atomic mass is 16.5. The highest BCUT2D eigenvalue weighted by molar-refractivity contribution is 5.79. The lowest BCUT2D eigenvalue weighted by atomic mass is 10.1. The number of hydrogen-bond donors (Lipinski definition) is 3. The number of guanidine groups is 1. The monoisotopic (exact) mass is 337 g/mol. The van der Waals surface area contributed by atoms with Crippen molar-refractivity contribution in [1.29, 1.82) is 0 Å². The predicted molar refractivity (Wildman–Crippen MR) is 97.7 cm³/mol. The van der Waals surface area contributed by atoms with Crippen LogP contribution in [0, 0.1) is 0 Å². The summed E-state index contributed by atoms with van der Waals surface area (Å²) in [6, 6.07) is 7.34. The number of phenols is 1. The third-order valence-corrected chi connectivity index (χ3v) is 3.36. The smallest absolute Gasteiger partial charge is 0.191 e. The van der Waals surface area contributed by atoms with Crippen LogP contribution in [0.5, 0.6) is 5.75 Å². The van der Waals surface area contributed by atoms with Crippen molar-refractivity contribution < 1.29 is 14.6 Å². The minimum atomic E-state index is 0.307. The molecule has 0 amide bonds. The summed E-state index contributed by atoms with van der Waals surface area (Å²) >= 11 is 0. The molecule has 0 radical (unpaired) electrons. The minimum absolute atomic E-state index is 0.307. The lowest BCUT2D eigenvalue weighted by Gasteiger charge is -2.11. The van der Waals surface area contributed by atoms with Crippen LogP contribution in [0.15, 0.2) is 29.3 Å². The molecule has 6 heteroatoms. The molecule has 0 atom stereocenters. The van der Waals surface area contributed by atoms with E-state index in [4.69, 9.17) is 9.47 Å². The second kappa shape index (κ2) is 13.6. The number of aromatic hydroxyl groups is 1. The second-order valence-corrected chi connectivity index (χ2v) is 5.42. The van der Waals surface area contributed by atoms with Gasteiger partial charge >= 0.3 is 0 Å². The fourth-order valence-corrected chi connectivity index (χ4v) is 2.10. The van der Waals surface area contributed by atoms with Crippen molar-refractivity contribution in [2.24, 2.45) is 4.99 Å². The van der Waals surface area contributed by atoms with Gasteiger partial charge < -0.3 is 25.2 Å². The normalized spacial score (nSPS) is 11.5. The molecule has 0 spiro atoms. The van der Waals surface area contributed by atoms with Crippen LogP contribution in [-0.2, 0) is 15.9 Å². The summed E-state index contributed by atoms with van der Waals surface area (Å²) in [6.07, 6.45) is 2.86. The van der Waals surface area contributed by atoms with Crippen molar-refractivity contribution in [2.45, 2.75) is 26.2 Å². The maximum absolute atomic E-state index is 9.27. The van der Waals surface area contributed by atoms with E-state index in [0.29, 0.717) is 19.0 Å². The summed E-state index contributed by atoms with van der Waals surface area (Å²) in [7, 11) is 1.67. The Balaban J connectivity index is 2.18. The van der Waals surface area contributed by atoms with Crippen molar-refractivity contribution in [1.82, 2.24) is 10.6 Å². The Labute approximate surface area is 145 Å². The van der Waals surface area contributed by atoms with Gasteiger partial charge in [-0.15, -0.1) is 0 Å². The van der Waals surface area contributed by atoms with E-state index in [9.17, 15) is 5.11 Å². The molecule has 0 bridgehead atoms. The van der Waals surface area contributed by atoms with E-state index in [1.165, 1.54) is 5.56 Å². The number of nitrogens with zero attached hydrogens (tertiary/aromatic N) is 1. The number of methoxy groups -OCH3 is 1. The zero-order valence-corrected chi connectivity index (χ0v) is 14.9. The molecule has 136 valence electrons. The molecule has 0 saturated carbocycles. The van der Waals surface area contributed by atoms with Crippen LogP contribution >= 0.6 is 0 Å². The van der Waals surface area contributed by atoms with Gasteiger partial charge in [-0.1, -0.05) is 12.1 Å². The first-order chi connectivity index (χ1) is 11.8. The third kappa shape index (κ3) is 10.1. The van der Waals surface area contributed by atoms with Gasteiger partial charge in [0.05, 0.1) is 13.2 Å². The molecule has 1 aromatic rings. The van der Waals surface area contributed by atoms with E-state index in [2.05, 4.69) is 22.5 Å². The van der Waals surface area contributed by atoms with Gasteiger partial charge in [-0.2, -0.15) is 0 Å². The summed E-state index contributed by atoms with van der Waals surface area (Å²) < 4.78 is 10.4. The maximum Gasteiger partial charge on any atom is 0.191 e. The van der Waals surface area contributed by atoms with Gasteiger partial charge in [0.2, 0.25) is 0 Å². The van der Waals surface area contributed by atoms with Crippen LogP contribution in [0.2, 0.25) is 0 Å². The number of aliphatic imine (C=N–C) groups is 1. The van der Waals surface area contributed by atoms with Gasteiger partial charge in [0, 0.05) is 33.4 Å². The van der Waals surface area contributed by atoms with Gasteiger partial charge in [-0.05, 0) is 43.9 Å². The molecule has 0 unspecified atom stereocenters. The number of phenolic OH excluding ortho intramolecular Hbond substituents is 1. The van der Waals surface area contributed by atoms with Crippen molar-refractivity contribution in [2.75, 3.05) is 46.6 Å². The summed E-state index contributed by atoms with van der Waals surface area (Å²) in [4.78, 5) is 4.58. The van der Waals surface area contributed by atoms with Crippen molar-refractivity contribution >= 4 is 5.96 Å². The fourth-order valence-electron chi connectivity index (χ4n) is 2.10. The topological polar surface area (TPSA) is 75.1 Å². The number of benzene rings is 1. The van der Waals surface area contributed by atoms with E-state index in [1.54, 1.807) is 19.2 Å². The standard InChI is InChI=1S/C18H31N3O3/c1-3-19-18(21-12-5-13-24-15-14-23-2)20-11-4-6-16-7-9-17(22)10-8-16/h7-10,22H,3-6,11-15H2,1-2H3,(H2,19,20,21). The largest absolute Gasteiger partial charge is 0.508 e. The molecular formula is C18H31N3O3. The van der Waals surface area contributed by atoms with Crippen LogP contribution in [0.25, 0.3) is 0 Å². The summed E-state index contributed by atoms with van der Waals surface area (Å²) in [5.41, 5.74) is 1.22. The molecule has 0 aliphatic heterocycles. The number of nitrogens with one attached hydrogen (secondary N) is 2. The van der Waals surface area contributed by atoms with E-state index >= 15 is 0 Å². The quantitative estimate of drug-likeness (QED) is 0.309. The van der Waals surface area contributed by atoms with Gasteiger partial charge in [0.1, 0.15) is 5.75 Å². The SMILES string of the molecule is CCNC(=NCCCc1ccc(O)cc1)NCCCOCCOC. The molecular weight excluding hydrogens is 306 g/mol. The minimum Gasteiger partial charge on any atom is -0.508 e. The summed E-state index contributed by atoms with van der Waals surface area (Å²) in [6.45, 7) is 6.49. The maximum atomic E-state index is 9.27. The third-order valence-electron chi connectivity index (χ3n) is 3.36. The van der Waals surface area contributed by atoms with Crippen LogP contribution in [0.3, 0.4) is 0 Å². The van der Waals surface area contributed by atoms with E-state index in [-0.39, 0.29) is 0 Å². The predicted octanol–water partition coefficient (Wildman–Crippen LogP) is 1.93. The molecule has 0 aliphatic rings. The van der Waals surface area contributed by atoms with Crippen molar-refractivity contribution in [3.8, 4) is 5.75 Å². The van der Waals surface area contributed by atoms with Crippen LogP contribution in [0.1, 0.15) is 25.3 Å². The Morgan fingerprint density at radius 1 is 1.08 bits per heavy atom.